The molecule has 0 spiro atoms. The van der Waals surface area contributed by atoms with Crippen LogP contribution in [-0.2, 0) is 27.8 Å². The zero-order valence-electron chi connectivity index (χ0n) is 22.1. The van der Waals surface area contributed by atoms with Crippen LogP contribution in [0.25, 0.3) is 26.6 Å². The molecule has 10 heteroatoms. The number of carbonyl (C=O) groups excluding carboxylic acids is 2. The number of aromatic nitrogens is 4. The van der Waals surface area contributed by atoms with Gasteiger partial charge in [0, 0.05) is 35.7 Å². The van der Waals surface area contributed by atoms with Gasteiger partial charge < -0.3 is 15.0 Å². The van der Waals surface area contributed by atoms with Gasteiger partial charge in [-0.3, -0.25) is 14.0 Å². The molecule has 0 bridgehead atoms. The SMILES string of the molecule is CC(C)(C)c1cc(CC(=O)Cc2ccc(-c3cn4c(n3)sc3nc(OCC5(C(N)=O)CC5)ccc34)cc2)no1. The highest BCUT2D eigenvalue weighted by Gasteiger charge is 2.49. The van der Waals surface area contributed by atoms with Crippen LogP contribution in [0.15, 0.2) is 53.2 Å². The summed E-state index contributed by atoms with van der Waals surface area (Å²) in [7, 11) is 0. The highest BCUT2D eigenvalue weighted by molar-refractivity contribution is 7.23. The molecule has 0 saturated heterocycles. The van der Waals surface area contributed by atoms with E-state index < -0.39 is 5.41 Å². The Labute approximate surface area is 229 Å². The Morgan fingerprint density at radius 3 is 2.54 bits per heavy atom. The zero-order chi connectivity index (χ0) is 27.4. The van der Waals surface area contributed by atoms with Crippen LogP contribution in [0, 0.1) is 5.41 Å². The number of hydrogen-bond donors (Lipinski definition) is 1. The van der Waals surface area contributed by atoms with Gasteiger partial charge in [-0.2, -0.15) is 0 Å². The summed E-state index contributed by atoms with van der Waals surface area (Å²) in [6.45, 7) is 6.41. The number of ketones is 1. The molecule has 1 aromatic carbocycles. The van der Waals surface area contributed by atoms with Gasteiger partial charge in [0.25, 0.3) is 0 Å². The zero-order valence-corrected chi connectivity index (χ0v) is 22.9. The maximum Gasteiger partial charge on any atom is 0.227 e. The summed E-state index contributed by atoms with van der Waals surface area (Å²) in [6, 6.07) is 13.5. The van der Waals surface area contributed by atoms with Gasteiger partial charge in [0.2, 0.25) is 11.8 Å². The number of carbonyl (C=O) groups is 2. The lowest BCUT2D eigenvalue weighted by Gasteiger charge is -2.12. The summed E-state index contributed by atoms with van der Waals surface area (Å²) in [5.41, 5.74) is 9.16. The number of fused-ring (bicyclic) bond motifs is 3. The summed E-state index contributed by atoms with van der Waals surface area (Å²) in [6.07, 6.45) is 4.09. The Balaban J connectivity index is 1.12. The van der Waals surface area contributed by atoms with Crippen LogP contribution < -0.4 is 10.5 Å². The third-order valence-electron chi connectivity index (χ3n) is 7.14. The van der Waals surface area contributed by atoms with Crippen molar-refractivity contribution in [1.82, 2.24) is 19.5 Å². The molecule has 1 aliphatic carbocycles. The first-order chi connectivity index (χ1) is 18.6. The normalized spacial score (nSPS) is 14.6. The molecule has 1 amide bonds. The van der Waals surface area contributed by atoms with Crippen LogP contribution in [-0.4, -0.2) is 37.8 Å². The second-order valence-electron chi connectivity index (χ2n) is 11.3. The number of ether oxygens (including phenoxy) is 1. The third-order valence-corrected chi connectivity index (χ3v) is 8.10. The Hall–Kier alpha value is -4.05. The van der Waals surface area contributed by atoms with Crippen LogP contribution in [0.2, 0.25) is 0 Å². The van der Waals surface area contributed by atoms with Gasteiger partial charge in [-0.1, -0.05) is 61.5 Å². The van der Waals surface area contributed by atoms with Gasteiger partial charge in [0.1, 0.15) is 23.0 Å². The van der Waals surface area contributed by atoms with Crippen LogP contribution in [0.5, 0.6) is 5.88 Å². The number of nitrogens with two attached hydrogens (primary N) is 1. The molecule has 1 fully saturated rings. The molecule has 1 saturated carbocycles. The number of amides is 1. The van der Waals surface area contributed by atoms with E-state index in [2.05, 4.69) is 10.1 Å². The number of pyridine rings is 1. The van der Waals surface area contributed by atoms with Crippen LogP contribution >= 0.6 is 11.3 Å². The molecular weight excluding hydrogens is 514 g/mol. The van der Waals surface area contributed by atoms with Crippen LogP contribution in [0.3, 0.4) is 0 Å². The maximum absolute atomic E-state index is 12.6. The minimum atomic E-state index is -0.536. The quantitative estimate of drug-likeness (QED) is 0.280. The van der Waals surface area contributed by atoms with Crippen molar-refractivity contribution in [3.05, 3.63) is 65.7 Å². The number of nitrogens with zero attached hydrogens (tertiary/aromatic N) is 4. The number of Topliss-reactive ketones (excluding diaryl/α,β-unsaturated/α-hetero) is 1. The molecule has 1 aliphatic rings. The molecule has 4 heterocycles. The number of hydrogen-bond acceptors (Lipinski definition) is 8. The largest absolute Gasteiger partial charge is 0.476 e. The minimum Gasteiger partial charge on any atom is -0.476 e. The Bertz CT molecular complexity index is 1700. The van der Waals surface area contributed by atoms with E-state index in [-0.39, 0.29) is 30.1 Å². The average molecular weight is 544 g/mol. The summed E-state index contributed by atoms with van der Waals surface area (Å²) in [4.78, 5) is 35.2. The lowest BCUT2D eigenvalue weighted by molar-refractivity contribution is -0.124. The maximum atomic E-state index is 12.6. The fourth-order valence-electron chi connectivity index (χ4n) is 4.45. The molecule has 2 N–H and O–H groups in total. The topological polar surface area (TPSA) is 126 Å². The van der Waals surface area contributed by atoms with Crippen molar-refractivity contribution in [2.75, 3.05) is 6.61 Å². The summed E-state index contributed by atoms with van der Waals surface area (Å²) < 4.78 is 13.2. The molecule has 0 atom stereocenters. The van der Waals surface area contributed by atoms with E-state index in [1.807, 2.05) is 67.8 Å². The van der Waals surface area contributed by atoms with Crippen molar-refractivity contribution in [3.8, 4) is 17.1 Å². The molecule has 0 unspecified atom stereocenters. The molecule has 39 heavy (non-hydrogen) atoms. The van der Waals surface area contributed by atoms with Crippen molar-refractivity contribution in [2.24, 2.45) is 11.1 Å². The van der Waals surface area contributed by atoms with Crippen molar-refractivity contribution in [3.63, 3.8) is 0 Å². The third kappa shape index (κ3) is 5.04. The van der Waals surface area contributed by atoms with Gasteiger partial charge in [0.05, 0.1) is 28.7 Å². The Morgan fingerprint density at radius 2 is 1.87 bits per heavy atom. The molecule has 200 valence electrons. The molecule has 9 nitrogen and oxygen atoms in total. The van der Waals surface area contributed by atoms with E-state index >= 15 is 0 Å². The molecule has 0 aliphatic heterocycles. The smallest absolute Gasteiger partial charge is 0.227 e. The first-order valence-corrected chi connectivity index (χ1v) is 13.7. The number of rotatable bonds is 9. The number of thiazole rings is 1. The van der Waals surface area contributed by atoms with Crippen molar-refractivity contribution in [2.45, 2.75) is 51.9 Å². The van der Waals surface area contributed by atoms with Crippen molar-refractivity contribution in [1.29, 1.82) is 0 Å². The molecule has 4 aromatic heterocycles. The Morgan fingerprint density at radius 1 is 1.10 bits per heavy atom. The highest BCUT2D eigenvalue weighted by atomic mass is 32.1. The molecule has 5 aromatic rings. The van der Waals surface area contributed by atoms with Gasteiger partial charge in [-0.25, -0.2) is 9.97 Å². The minimum absolute atomic E-state index is 0.0864. The van der Waals surface area contributed by atoms with E-state index in [0.717, 1.165) is 50.7 Å². The highest BCUT2D eigenvalue weighted by Crippen LogP contribution is 2.45. The van der Waals surface area contributed by atoms with Crippen LogP contribution in [0.4, 0.5) is 0 Å². The first kappa shape index (κ1) is 25.2. The molecular formula is C29H29N5O4S. The lowest BCUT2D eigenvalue weighted by Crippen LogP contribution is -2.30. The van der Waals surface area contributed by atoms with E-state index in [0.29, 0.717) is 18.0 Å². The second kappa shape index (κ2) is 9.30. The summed E-state index contributed by atoms with van der Waals surface area (Å²) in [5, 5.41) is 4.05. The fraction of sp³-hybridized carbons (Fsp3) is 0.345. The van der Waals surface area contributed by atoms with Gasteiger partial charge in [-0.15, -0.1) is 0 Å². The fourth-order valence-corrected chi connectivity index (χ4v) is 5.42. The second-order valence-corrected chi connectivity index (χ2v) is 12.3. The number of imidazole rings is 1. The average Bonchev–Trinajstić information content (AvgIpc) is 3.18. The van der Waals surface area contributed by atoms with Gasteiger partial charge in [0.15, 0.2) is 4.96 Å². The summed E-state index contributed by atoms with van der Waals surface area (Å²) in [5.74, 6) is 1.02. The van der Waals surface area contributed by atoms with Gasteiger partial charge in [-0.05, 0) is 24.5 Å². The molecule has 0 radical (unpaired) electrons. The van der Waals surface area contributed by atoms with E-state index in [4.69, 9.17) is 20.0 Å². The monoisotopic (exact) mass is 543 g/mol. The Kier molecular flexibility index (Phi) is 6.02. The summed E-state index contributed by atoms with van der Waals surface area (Å²) >= 11 is 1.47. The van der Waals surface area contributed by atoms with Gasteiger partial charge >= 0.3 is 0 Å². The standard InChI is InChI=1S/C29H29N5O4S/c1-28(2,3)23-14-19(33-38-23)13-20(35)12-17-4-6-18(7-5-17)21-15-34-22-8-9-24(32-25(22)39-27(34)31-21)37-16-29(10-11-29)26(30)36/h4-9,14-15H,10-13,16H2,1-3H3,(H2,30,36). The number of benzene rings is 1. The molecule has 6 rings (SSSR count). The van der Waals surface area contributed by atoms with Crippen molar-refractivity contribution >= 4 is 38.3 Å². The lowest BCUT2D eigenvalue weighted by atomic mass is 9.93. The first-order valence-electron chi connectivity index (χ1n) is 12.9. The number of primary amides is 1. The predicted octanol–water partition coefficient (Wildman–Crippen LogP) is 4.90. The van der Waals surface area contributed by atoms with Crippen molar-refractivity contribution < 1.29 is 18.8 Å². The van der Waals surface area contributed by atoms with Crippen LogP contribution in [0.1, 0.15) is 50.6 Å². The van der Waals surface area contributed by atoms with E-state index in [1.54, 1.807) is 6.07 Å². The predicted molar refractivity (Wildman–Crippen MR) is 148 cm³/mol. The van der Waals surface area contributed by atoms with E-state index in [9.17, 15) is 9.59 Å². The van der Waals surface area contributed by atoms with E-state index in [1.165, 1.54) is 11.3 Å².